The van der Waals surface area contributed by atoms with Crippen LogP contribution in [0.4, 0.5) is 22.7 Å². The van der Waals surface area contributed by atoms with Crippen LogP contribution in [0, 0.1) is 0 Å². The Morgan fingerprint density at radius 1 is 0.481 bits per heavy atom. The van der Waals surface area contributed by atoms with Crippen molar-refractivity contribution in [2.24, 2.45) is 0 Å². The average Bonchev–Trinajstić information content (AvgIpc) is 3.59. The van der Waals surface area contributed by atoms with Gasteiger partial charge in [0.1, 0.15) is 11.1 Å². The van der Waals surface area contributed by atoms with Crippen LogP contribution in [0.3, 0.4) is 0 Å². The number of anilines is 4. The van der Waals surface area contributed by atoms with Crippen molar-refractivity contribution < 1.29 is 19.2 Å². The number of hydrogen-bond acceptors (Lipinski definition) is 4. The predicted octanol–water partition coefficient (Wildman–Crippen LogP) is 9.42. The Morgan fingerprint density at radius 2 is 0.833 bits per heavy atom. The van der Waals surface area contributed by atoms with E-state index in [1.165, 1.54) is 13.8 Å². The minimum atomic E-state index is -1.42. The fraction of sp³-hybridized carbons (Fsp3) is 0.0909. The summed E-state index contributed by atoms with van der Waals surface area (Å²) >= 11 is 12.8. The maximum absolute atomic E-state index is 14.4. The van der Waals surface area contributed by atoms with Crippen LogP contribution in [0.5, 0.6) is 0 Å². The topological polar surface area (TPSA) is 98.8 Å². The van der Waals surface area contributed by atoms with Crippen molar-refractivity contribution in [3.63, 3.8) is 0 Å². The zero-order valence-corrected chi connectivity index (χ0v) is 30.7. The largest absolute Gasteiger partial charge is 0.322 e. The zero-order valence-electron chi connectivity index (χ0n) is 29.1. The van der Waals surface area contributed by atoms with Crippen LogP contribution in [-0.2, 0) is 20.7 Å². The van der Waals surface area contributed by atoms with Crippen molar-refractivity contribution in [3.8, 4) is 0 Å². The first-order valence-electron chi connectivity index (χ1n) is 17.2. The Balaban J connectivity index is 1.43. The highest BCUT2D eigenvalue weighted by atomic mass is 35.5. The van der Waals surface area contributed by atoms with E-state index in [-0.39, 0.29) is 11.8 Å². The van der Waals surface area contributed by atoms with E-state index >= 15 is 0 Å². The van der Waals surface area contributed by atoms with Crippen LogP contribution in [-0.4, -0.2) is 23.6 Å². The first-order chi connectivity index (χ1) is 26.1. The van der Waals surface area contributed by atoms with Gasteiger partial charge in [0, 0.05) is 36.3 Å². The molecule has 0 bridgehead atoms. The minimum absolute atomic E-state index is 0.285. The average molecular weight is 752 g/mol. The smallest absolute Gasteiger partial charge is 0.257 e. The summed E-state index contributed by atoms with van der Waals surface area (Å²) in [6.45, 7) is 3.00. The van der Waals surface area contributed by atoms with Gasteiger partial charge in [-0.1, -0.05) is 108 Å². The van der Waals surface area contributed by atoms with E-state index < -0.39 is 22.9 Å². The van der Waals surface area contributed by atoms with Gasteiger partial charge in [-0.25, -0.2) is 0 Å². The summed E-state index contributed by atoms with van der Waals surface area (Å²) in [5.41, 5.74) is 2.41. The van der Waals surface area contributed by atoms with Crippen molar-refractivity contribution in [3.05, 3.63) is 189 Å². The first-order valence-corrected chi connectivity index (χ1v) is 18.0. The third-order valence-corrected chi connectivity index (χ3v) is 10.9. The second-order valence-corrected chi connectivity index (χ2v) is 14.0. The molecule has 266 valence electrons. The molecule has 0 radical (unpaired) electrons. The highest BCUT2D eigenvalue weighted by molar-refractivity contribution is 6.35. The van der Waals surface area contributed by atoms with Crippen molar-refractivity contribution >= 4 is 69.6 Å². The highest BCUT2D eigenvalue weighted by Gasteiger charge is 2.73. The van der Waals surface area contributed by atoms with Crippen molar-refractivity contribution in [1.29, 1.82) is 0 Å². The lowest BCUT2D eigenvalue weighted by Crippen LogP contribution is -2.62. The summed E-state index contributed by atoms with van der Waals surface area (Å²) < 4.78 is 0. The molecular weight excluding hydrogens is 719 g/mol. The number of nitrogens with one attached hydrogen (secondary N) is 2. The molecule has 54 heavy (non-hydrogen) atoms. The van der Waals surface area contributed by atoms with E-state index in [9.17, 15) is 19.2 Å². The molecule has 6 aromatic rings. The third-order valence-electron chi connectivity index (χ3n) is 10.2. The molecule has 0 aromatic heterocycles. The molecule has 2 aliphatic rings. The van der Waals surface area contributed by atoms with Crippen LogP contribution < -0.4 is 20.4 Å². The first kappa shape index (κ1) is 34.8. The molecule has 4 amide bonds. The number of nitrogens with zero attached hydrogens (tertiary/aromatic N) is 2. The van der Waals surface area contributed by atoms with E-state index in [0.29, 0.717) is 55.0 Å². The maximum atomic E-state index is 14.4. The van der Waals surface area contributed by atoms with Crippen LogP contribution in [0.25, 0.3) is 0 Å². The van der Waals surface area contributed by atoms with Gasteiger partial charge in [-0.05, 0) is 71.8 Å². The van der Waals surface area contributed by atoms with Crippen LogP contribution in [0.15, 0.2) is 146 Å². The maximum Gasteiger partial charge on any atom is 0.257 e. The molecule has 0 spiro atoms. The molecule has 8 rings (SSSR count). The van der Waals surface area contributed by atoms with E-state index in [1.807, 2.05) is 72.8 Å². The summed E-state index contributed by atoms with van der Waals surface area (Å²) in [7, 11) is 0. The number of carbonyl (C=O) groups excluding carboxylic acids is 4. The lowest BCUT2D eigenvalue weighted by Gasteiger charge is -2.49. The fourth-order valence-corrected chi connectivity index (χ4v) is 8.80. The fourth-order valence-electron chi connectivity index (χ4n) is 8.36. The quantitative estimate of drug-likeness (QED) is 0.177. The van der Waals surface area contributed by atoms with Crippen LogP contribution >= 0.6 is 23.2 Å². The lowest BCUT2D eigenvalue weighted by molar-refractivity contribution is -0.119. The summed E-state index contributed by atoms with van der Waals surface area (Å²) in [5, 5.41) is 6.60. The van der Waals surface area contributed by atoms with Gasteiger partial charge in [0.15, 0.2) is 0 Å². The number of benzene rings is 6. The molecule has 2 unspecified atom stereocenters. The summed E-state index contributed by atoms with van der Waals surface area (Å²) in [6, 6.07) is 43.5. The number of carbonyl (C=O) groups is 4. The van der Waals surface area contributed by atoms with Gasteiger partial charge >= 0.3 is 0 Å². The van der Waals surface area contributed by atoms with Crippen LogP contribution in [0.2, 0.25) is 10.0 Å². The number of fused-ring (bicyclic) bond motifs is 5. The summed E-state index contributed by atoms with van der Waals surface area (Å²) in [6.07, 6.45) is 0. The molecule has 0 saturated carbocycles. The second-order valence-electron chi connectivity index (χ2n) is 13.2. The second kappa shape index (κ2) is 13.3. The summed E-state index contributed by atoms with van der Waals surface area (Å²) in [4.78, 5) is 59.5. The van der Waals surface area contributed by atoms with Gasteiger partial charge in [0.05, 0.1) is 32.5 Å². The van der Waals surface area contributed by atoms with Crippen LogP contribution in [0.1, 0.15) is 56.8 Å². The molecule has 2 N–H and O–H groups in total. The van der Waals surface area contributed by atoms with Crippen molar-refractivity contribution in [2.45, 2.75) is 24.9 Å². The third kappa shape index (κ3) is 5.05. The van der Waals surface area contributed by atoms with E-state index in [1.54, 1.807) is 82.6 Å². The number of rotatable bonds is 6. The Bertz CT molecular complexity index is 2340. The Hall–Kier alpha value is -6.22. The molecule has 2 atom stereocenters. The monoisotopic (exact) mass is 750 g/mol. The van der Waals surface area contributed by atoms with Crippen molar-refractivity contribution in [2.75, 3.05) is 20.4 Å². The molecule has 10 heteroatoms. The molecule has 0 aliphatic carbocycles. The van der Waals surface area contributed by atoms with Gasteiger partial charge < -0.3 is 10.6 Å². The zero-order chi connectivity index (χ0) is 37.8. The van der Waals surface area contributed by atoms with Crippen molar-refractivity contribution in [1.82, 2.24) is 0 Å². The standard InChI is InChI=1S/C44H32Cl2N4O4/c1-27(51)49-39-23-21-31(47-41(53)33-17-9-11-19-37(33)45)25-35(39)44(30-15-7-4-8-16-30)43(49,29-13-5-3-6-14-29)36-26-32(22-24-40(36)50(44)28(2)52)48-42(54)34-18-10-12-20-38(34)46/h3-26H,1-2H3,(H,47,53)(H,48,54). The molecule has 8 nitrogen and oxygen atoms in total. The van der Waals surface area contributed by atoms with Gasteiger partial charge in [-0.3, -0.25) is 29.0 Å². The minimum Gasteiger partial charge on any atom is -0.322 e. The molecule has 2 heterocycles. The SMILES string of the molecule is CC(=O)N1c2ccc(NC(=O)c3ccccc3Cl)cc2C2(c3ccccc3)N(C(C)=O)c3ccc(NC(=O)c4ccccc4Cl)cc3C12c1ccccc1. The van der Waals surface area contributed by atoms with Gasteiger partial charge in [-0.2, -0.15) is 0 Å². The molecular formula is C44H32Cl2N4O4. The van der Waals surface area contributed by atoms with Gasteiger partial charge in [0.2, 0.25) is 11.8 Å². The van der Waals surface area contributed by atoms with Gasteiger partial charge in [-0.15, -0.1) is 0 Å². The molecule has 0 fully saturated rings. The molecule has 2 aliphatic heterocycles. The Morgan fingerprint density at radius 3 is 1.19 bits per heavy atom. The number of halogens is 2. The number of amides is 4. The van der Waals surface area contributed by atoms with E-state index in [0.717, 1.165) is 11.1 Å². The molecule has 0 saturated heterocycles. The lowest BCUT2D eigenvalue weighted by atomic mass is 9.65. The van der Waals surface area contributed by atoms with E-state index in [2.05, 4.69) is 10.6 Å². The van der Waals surface area contributed by atoms with Gasteiger partial charge in [0.25, 0.3) is 11.8 Å². The number of hydrogen-bond donors (Lipinski definition) is 2. The Labute approximate surface area is 321 Å². The molecule has 6 aromatic carbocycles. The predicted molar refractivity (Wildman–Crippen MR) is 212 cm³/mol. The van der Waals surface area contributed by atoms with E-state index in [4.69, 9.17) is 23.2 Å². The summed E-state index contributed by atoms with van der Waals surface area (Å²) in [5.74, 6) is -1.40. The highest BCUT2D eigenvalue weighted by Crippen LogP contribution is 2.70. The normalized spacial score (nSPS) is 18.0. The Kier molecular flexibility index (Phi) is 8.60.